The van der Waals surface area contributed by atoms with Gasteiger partial charge in [0.1, 0.15) is 16.7 Å². The SMILES string of the molecule is COc1cc(C)c(S(=O)N(C)CCC(=O)Nc2ccc(C(=O)N3CCC(N(C)C)CC3)cc2)c(C)c1. The first-order valence-electron chi connectivity index (χ1n) is 12.2. The lowest BCUT2D eigenvalue weighted by molar-refractivity contribution is -0.116. The number of likely N-dealkylation sites (tertiary alicyclic amines) is 1. The molecule has 0 bridgehead atoms. The van der Waals surface area contributed by atoms with Gasteiger partial charge in [0.05, 0.1) is 12.0 Å². The molecule has 1 saturated heterocycles. The van der Waals surface area contributed by atoms with Crippen molar-refractivity contribution in [2.75, 3.05) is 53.2 Å². The number of nitrogens with one attached hydrogen (secondary N) is 1. The first kappa shape index (κ1) is 27.8. The van der Waals surface area contributed by atoms with Crippen LogP contribution in [0.15, 0.2) is 41.3 Å². The van der Waals surface area contributed by atoms with Gasteiger partial charge in [-0.1, -0.05) is 0 Å². The van der Waals surface area contributed by atoms with Crippen molar-refractivity contribution in [3.63, 3.8) is 0 Å². The van der Waals surface area contributed by atoms with Crippen LogP contribution in [0.2, 0.25) is 0 Å². The van der Waals surface area contributed by atoms with Crippen molar-refractivity contribution in [3.05, 3.63) is 53.1 Å². The molecule has 0 spiro atoms. The van der Waals surface area contributed by atoms with Crippen LogP contribution < -0.4 is 10.1 Å². The third-order valence-electron chi connectivity index (χ3n) is 6.68. The summed E-state index contributed by atoms with van der Waals surface area (Å²) >= 11 is 0. The highest BCUT2D eigenvalue weighted by Gasteiger charge is 2.24. The summed E-state index contributed by atoms with van der Waals surface area (Å²) in [4.78, 5) is 30.2. The van der Waals surface area contributed by atoms with Crippen molar-refractivity contribution in [1.82, 2.24) is 14.1 Å². The minimum absolute atomic E-state index is 0.0262. The van der Waals surface area contributed by atoms with Crippen LogP contribution >= 0.6 is 0 Å². The molecule has 2 aromatic carbocycles. The predicted molar refractivity (Wildman–Crippen MR) is 144 cm³/mol. The number of hydrogen-bond acceptors (Lipinski definition) is 5. The Balaban J connectivity index is 1.50. The molecule has 0 radical (unpaired) electrons. The number of aryl methyl sites for hydroxylation is 2. The third-order valence-corrected chi connectivity index (χ3v) is 8.42. The van der Waals surface area contributed by atoms with E-state index in [4.69, 9.17) is 4.74 Å². The third kappa shape index (κ3) is 6.93. The van der Waals surface area contributed by atoms with Crippen molar-refractivity contribution in [3.8, 4) is 5.75 Å². The lowest BCUT2D eigenvalue weighted by Gasteiger charge is -2.35. The highest BCUT2D eigenvalue weighted by atomic mass is 32.2. The van der Waals surface area contributed by atoms with Crippen molar-refractivity contribution in [1.29, 1.82) is 0 Å². The van der Waals surface area contributed by atoms with E-state index in [1.54, 1.807) is 42.7 Å². The number of anilines is 1. The fraction of sp³-hybridized carbons (Fsp3) is 0.481. The smallest absolute Gasteiger partial charge is 0.253 e. The lowest BCUT2D eigenvalue weighted by Crippen LogP contribution is -2.44. The van der Waals surface area contributed by atoms with Gasteiger partial charge in [-0.3, -0.25) is 9.59 Å². The van der Waals surface area contributed by atoms with E-state index in [2.05, 4.69) is 24.3 Å². The Bertz CT molecular complexity index is 1070. The number of nitrogens with zero attached hydrogens (tertiary/aromatic N) is 3. The monoisotopic (exact) mass is 514 g/mol. The molecule has 0 aromatic heterocycles. The maximum Gasteiger partial charge on any atom is 0.253 e. The zero-order valence-corrected chi connectivity index (χ0v) is 23.0. The number of rotatable bonds is 9. The fourth-order valence-electron chi connectivity index (χ4n) is 4.49. The largest absolute Gasteiger partial charge is 0.497 e. The summed E-state index contributed by atoms with van der Waals surface area (Å²) in [5.74, 6) is 0.583. The minimum Gasteiger partial charge on any atom is -0.497 e. The van der Waals surface area contributed by atoms with E-state index >= 15 is 0 Å². The number of ether oxygens (including phenoxy) is 1. The Kier molecular flexibility index (Phi) is 9.64. The molecule has 0 aliphatic carbocycles. The zero-order chi connectivity index (χ0) is 26.4. The molecule has 2 aromatic rings. The molecular formula is C27H38N4O4S. The highest BCUT2D eigenvalue weighted by Crippen LogP contribution is 2.26. The topological polar surface area (TPSA) is 82.2 Å². The van der Waals surface area contributed by atoms with Crippen molar-refractivity contribution in [2.45, 2.75) is 44.0 Å². The van der Waals surface area contributed by atoms with Gasteiger partial charge in [0.15, 0.2) is 0 Å². The van der Waals surface area contributed by atoms with Gasteiger partial charge in [0.2, 0.25) is 5.91 Å². The van der Waals surface area contributed by atoms with Crippen molar-refractivity contribution in [2.24, 2.45) is 0 Å². The zero-order valence-electron chi connectivity index (χ0n) is 22.2. The van der Waals surface area contributed by atoms with Crippen LogP contribution in [0.25, 0.3) is 0 Å². The van der Waals surface area contributed by atoms with Crippen LogP contribution in [0.1, 0.15) is 40.7 Å². The van der Waals surface area contributed by atoms with E-state index in [0.717, 1.165) is 47.7 Å². The van der Waals surface area contributed by atoms with Gasteiger partial charge in [-0.25, -0.2) is 8.51 Å². The molecular weight excluding hydrogens is 476 g/mol. The average molecular weight is 515 g/mol. The maximum absolute atomic E-state index is 13.1. The van der Waals surface area contributed by atoms with Crippen molar-refractivity contribution < 1.29 is 18.5 Å². The summed E-state index contributed by atoms with van der Waals surface area (Å²) in [6, 6.07) is 11.3. The summed E-state index contributed by atoms with van der Waals surface area (Å²) in [6.45, 7) is 5.66. The molecule has 36 heavy (non-hydrogen) atoms. The van der Waals surface area contributed by atoms with Crippen LogP contribution in [-0.2, 0) is 15.8 Å². The van der Waals surface area contributed by atoms with E-state index in [0.29, 0.717) is 23.8 Å². The van der Waals surface area contributed by atoms with E-state index < -0.39 is 11.0 Å². The summed E-state index contributed by atoms with van der Waals surface area (Å²) < 4.78 is 20.0. The van der Waals surface area contributed by atoms with E-state index in [1.165, 1.54) is 0 Å². The maximum atomic E-state index is 13.1. The molecule has 1 atom stereocenters. The molecule has 8 nitrogen and oxygen atoms in total. The van der Waals surface area contributed by atoms with Gasteiger partial charge in [-0.05, 0) is 88.3 Å². The Morgan fingerprint density at radius 3 is 2.17 bits per heavy atom. The number of methoxy groups -OCH3 is 1. The molecule has 1 heterocycles. The standard InChI is InChI=1S/C27H38N4O4S/c1-19-17-24(35-6)18-20(2)26(19)36(34)30(5)14-13-25(32)28-22-9-7-21(8-10-22)27(33)31-15-11-23(12-16-31)29(3)4/h7-10,17-18,23H,11-16H2,1-6H3,(H,28,32). The normalized spacial score (nSPS) is 15.3. The van der Waals surface area contributed by atoms with E-state index in [9.17, 15) is 13.8 Å². The van der Waals surface area contributed by atoms with Crippen LogP contribution in [0.5, 0.6) is 5.75 Å². The van der Waals surface area contributed by atoms with Crippen LogP contribution in [-0.4, -0.2) is 84.1 Å². The molecule has 2 amide bonds. The highest BCUT2D eigenvalue weighted by molar-refractivity contribution is 7.82. The van der Waals surface area contributed by atoms with Gasteiger partial charge < -0.3 is 19.9 Å². The van der Waals surface area contributed by atoms with Gasteiger partial charge in [-0.2, -0.15) is 0 Å². The fourth-order valence-corrected chi connectivity index (χ4v) is 5.73. The molecule has 9 heteroatoms. The lowest BCUT2D eigenvalue weighted by atomic mass is 10.0. The second-order valence-corrected chi connectivity index (χ2v) is 11.1. The molecule has 1 N–H and O–H groups in total. The summed E-state index contributed by atoms with van der Waals surface area (Å²) in [5, 5.41) is 2.87. The van der Waals surface area contributed by atoms with Crippen LogP contribution in [0, 0.1) is 13.8 Å². The number of piperidine rings is 1. The van der Waals surface area contributed by atoms with Gasteiger partial charge >= 0.3 is 0 Å². The Hall–Kier alpha value is -2.75. The molecule has 1 fully saturated rings. The van der Waals surface area contributed by atoms with Crippen molar-refractivity contribution >= 4 is 28.5 Å². The second kappa shape index (κ2) is 12.5. The van der Waals surface area contributed by atoms with Gasteiger partial charge in [0.25, 0.3) is 5.91 Å². The Morgan fingerprint density at radius 2 is 1.64 bits per heavy atom. The van der Waals surface area contributed by atoms with Gasteiger partial charge in [-0.15, -0.1) is 0 Å². The predicted octanol–water partition coefficient (Wildman–Crippen LogP) is 3.46. The van der Waals surface area contributed by atoms with E-state index in [-0.39, 0.29) is 18.2 Å². The van der Waals surface area contributed by atoms with Crippen LogP contribution in [0.4, 0.5) is 5.69 Å². The number of hydrogen-bond donors (Lipinski definition) is 1. The van der Waals surface area contributed by atoms with E-state index in [1.807, 2.05) is 30.9 Å². The Morgan fingerprint density at radius 1 is 1.06 bits per heavy atom. The average Bonchev–Trinajstić information content (AvgIpc) is 2.86. The first-order valence-corrected chi connectivity index (χ1v) is 13.3. The summed E-state index contributed by atoms with van der Waals surface area (Å²) in [7, 11) is 6.12. The molecule has 0 saturated carbocycles. The molecule has 1 aliphatic rings. The minimum atomic E-state index is -1.39. The Labute approximate surface area is 217 Å². The quantitative estimate of drug-likeness (QED) is 0.554. The number of benzene rings is 2. The number of amides is 2. The van der Waals surface area contributed by atoms with Gasteiger partial charge in [0, 0.05) is 50.4 Å². The summed E-state index contributed by atoms with van der Waals surface area (Å²) in [6.07, 6.45) is 2.14. The first-order chi connectivity index (χ1) is 17.1. The molecule has 196 valence electrons. The number of carbonyl (C=O) groups is 2. The number of carbonyl (C=O) groups excluding carboxylic acids is 2. The molecule has 1 unspecified atom stereocenters. The molecule has 3 rings (SSSR count). The molecule has 1 aliphatic heterocycles. The second-order valence-electron chi connectivity index (χ2n) is 9.55. The van der Waals surface area contributed by atoms with Crippen LogP contribution in [0.3, 0.4) is 0 Å². The summed E-state index contributed by atoms with van der Waals surface area (Å²) in [5.41, 5.74) is 3.03.